The SMILES string of the molecule is CC(C)Oc1cc2ncc(-c3cccc(NC4CCN(C(=O)OC(C)(C)C)C4)n3)n2cc1Cl. The number of carbonyl (C=O) groups excluding carboxylic acids is 1. The second kappa shape index (κ2) is 9.09. The number of anilines is 1. The van der Waals surface area contributed by atoms with Crippen molar-refractivity contribution in [3.63, 3.8) is 0 Å². The summed E-state index contributed by atoms with van der Waals surface area (Å²) in [5.74, 6) is 1.35. The Morgan fingerprint density at radius 2 is 2.09 bits per heavy atom. The van der Waals surface area contributed by atoms with E-state index < -0.39 is 5.60 Å². The third-order valence-electron chi connectivity index (χ3n) is 5.13. The van der Waals surface area contributed by atoms with Crippen LogP contribution in [0, 0.1) is 0 Å². The third-order valence-corrected chi connectivity index (χ3v) is 5.41. The van der Waals surface area contributed by atoms with Crippen LogP contribution in [0.3, 0.4) is 0 Å². The van der Waals surface area contributed by atoms with Crippen molar-refractivity contribution < 1.29 is 14.3 Å². The van der Waals surface area contributed by atoms with Gasteiger partial charge in [0.1, 0.15) is 22.8 Å². The number of amides is 1. The van der Waals surface area contributed by atoms with Crippen LogP contribution in [-0.4, -0.2) is 56.2 Å². The number of imidazole rings is 1. The number of rotatable bonds is 5. The van der Waals surface area contributed by atoms with E-state index in [1.54, 1.807) is 17.3 Å². The van der Waals surface area contributed by atoms with Gasteiger partial charge in [-0.25, -0.2) is 14.8 Å². The molecule has 0 radical (unpaired) electrons. The molecule has 1 aliphatic rings. The number of carbonyl (C=O) groups is 1. The molecule has 4 rings (SSSR count). The second-order valence-corrected chi connectivity index (χ2v) is 9.90. The zero-order valence-corrected chi connectivity index (χ0v) is 20.4. The Bertz CT molecular complexity index is 1150. The lowest BCUT2D eigenvalue weighted by atomic mass is 10.2. The molecule has 1 saturated heterocycles. The molecule has 1 aliphatic heterocycles. The summed E-state index contributed by atoms with van der Waals surface area (Å²) in [7, 11) is 0. The first kappa shape index (κ1) is 23.2. The van der Waals surface area contributed by atoms with Gasteiger partial charge in [-0.2, -0.15) is 0 Å². The average molecular weight is 472 g/mol. The van der Waals surface area contributed by atoms with Gasteiger partial charge in [0, 0.05) is 31.4 Å². The highest BCUT2D eigenvalue weighted by molar-refractivity contribution is 6.32. The second-order valence-electron chi connectivity index (χ2n) is 9.49. The van der Waals surface area contributed by atoms with Crippen molar-refractivity contribution in [2.75, 3.05) is 18.4 Å². The highest BCUT2D eigenvalue weighted by atomic mass is 35.5. The van der Waals surface area contributed by atoms with E-state index in [4.69, 9.17) is 26.1 Å². The minimum absolute atomic E-state index is 0.0191. The molecule has 3 aromatic heterocycles. The minimum Gasteiger partial charge on any atom is -0.489 e. The summed E-state index contributed by atoms with van der Waals surface area (Å²) < 4.78 is 13.2. The predicted octanol–water partition coefficient (Wildman–Crippen LogP) is 5.26. The van der Waals surface area contributed by atoms with Crippen molar-refractivity contribution >= 4 is 29.2 Å². The predicted molar refractivity (Wildman–Crippen MR) is 129 cm³/mol. The Morgan fingerprint density at radius 1 is 1.30 bits per heavy atom. The number of hydrogen-bond donors (Lipinski definition) is 1. The third kappa shape index (κ3) is 5.50. The molecular weight excluding hydrogens is 442 g/mol. The first-order chi connectivity index (χ1) is 15.6. The summed E-state index contributed by atoms with van der Waals surface area (Å²) in [6.07, 6.45) is 4.14. The van der Waals surface area contributed by atoms with Crippen molar-refractivity contribution in [1.29, 1.82) is 0 Å². The number of halogens is 1. The van der Waals surface area contributed by atoms with Gasteiger partial charge >= 0.3 is 6.09 Å². The van der Waals surface area contributed by atoms with Gasteiger partial charge in [-0.3, -0.25) is 4.40 Å². The lowest BCUT2D eigenvalue weighted by Crippen LogP contribution is -2.36. The van der Waals surface area contributed by atoms with Gasteiger partial charge in [0.2, 0.25) is 0 Å². The molecule has 9 heteroatoms. The number of nitrogens with one attached hydrogen (secondary N) is 1. The van der Waals surface area contributed by atoms with Crippen LogP contribution in [0.2, 0.25) is 5.02 Å². The molecule has 1 atom stereocenters. The van der Waals surface area contributed by atoms with Crippen molar-refractivity contribution in [2.24, 2.45) is 0 Å². The number of likely N-dealkylation sites (tertiary alicyclic amines) is 1. The molecule has 8 nitrogen and oxygen atoms in total. The molecule has 0 saturated carbocycles. The molecular formula is C24H30ClN5O3. The topological polar surface area (TPSA) is 81.0 Å². The Morgan fingerprint density at radius 3 is 2.82 bits per heavy atom. The van der Waals surface area contributed by atoms with E-state index in [0.717, 1.165) is 29.3 Å². The number of ether oxygens (including phenoxy) is 2. The lowest BCUT2D eigenvalue weighted by molar-refractivity contribution is 0.0293. The Kier molecular flexibility index (Phi) is 6.38. The standard InChI is InChI=1S/C24H30ClN5O3/c1-15(2)32-20-11-22-26-12-19(30(22)14-17(20)25)18-7-6-8-21(28-18)27-16-9-10-29(13-16)23(31)33-24(3,4)5/h6-8,11-12,14-16H,9-10,13H2,1-5H3,(H,27,28). The van der Waals surface area contributed by atoms with E-state index in [-0.39, 0.29) is 18.2 Å². The van der Waals surface area contributed by atoms with E-state index in [1.807, 2.05) is 63.3 Å². The Hall–Kier alpha value is -3.00. The lowest BCUT2D eigenvalue weighted by Gasteiger charge is -2.24. The molecule has 0 aliphatic carbocycles. The minimum atomic E-state index is -0.503. The molecule has 4 heterocycles. The van der Waals surface area contributed by atoms with E-state index >= 15 is 0 Å². The highest BCUT2D eigenvalue weighted by Gasteiger charge is 2.30. The van der Waals surface area contributed by atoms with E-state index in [2.05, 4.69) is 10.3 Å². The average Bonchev–Trinajstić information content (AvgIpc) is 3.34. The van der Waals surface area contributed by atoms with Crippen LogP contribution in [-0.2, 0) is 4.74 Å². The van der Waals surface area contributed by atoms with Gasteiger partial charge in [-0.1, -0.05) is 17.7 Å². The maximum atomic E-state index is 12.3. The largest absolute Gasteiger partial charge is 0.489 e. The van der Waals surface area contributed by atoms with Crippen LogP contribution in [0.4, 0.5) is 10.6 Å². The zero-order valence-electron chi connectivity index (χ0n) is 19.6. The first-order valence-corrected chi connectivity index (χ1v) is 11.5. The summed E-state index contributed by atoms with van der Waals surface area (Å²) in [5.41, 5.74) is 1.82. The molecule has 0 bridgehead atoms. The number of nitrogens with zero attached hydrogens (tertiary/aromatic N) is 4. The molecule has 1 N–H and O–H groups in total. The van der Waals surface area contributed by atoms with E-state index in [9.17, 15) is 4.79 Å². The van der Waals surface area contributed by atoms with Crippen molar-refractivity contribution in [3.8, 4) is 17.1 Å². The van der Waals surface area contributed by atoms with Gasteiger partial charge in [-0.15, -0.1) is 0 Å². The molecule has 1 fully saturated rings. The van der Waals surface area contributed by atoms with Crippen LogP contribution in [0.1, 0.15) is 41.0 Å². The van der Waals surface area contributed by atoms with Crippen LogP contribution >= 0.6 is 11.6 Å². The fourth-order valence-corrected chi connectivity index (χ4v) is 3.95. The van der Waals surface area contributed by atoms with Crippen molar-refractivity contribution in [1.82, 2.24) is 19.3 Å². The summed E-state index contributed by atoms with van der Waals surface area (Å²) in [4.78, 5) is 23.3. The fourth-order valence-electron chi connectivity index (χ4n) is 3.75. The van der Waals surface area contributed by atoms with Gasteiger partial charge in [-0.05, 0) is 53.2 Å². The Labute approximate surface area is 198 Å². The Balaban J connectivity index is 1.49. The fraction of sp³-hybridized carbons (Fsp3) is 0.458. The maximum Gasteiger partial charge on any atom is 0.410 e. The highest BCUT2D eigenvalue weighted by Crippen LogP contribution is 2.30. The van der Waals surface area contributed by atoms with Crippen LogP contribution < -0.4 is 10.1 Å². The van der Waals surface area contributed by atoms with Crippen molar-refractivity contribution in [3.05, 3.63) is 41.7 Å². The quantitative estimate of drug-likeness (QED) is 0.546. The summed E-state index contributed by atoms with van der Waals surface area (Å²) in [5, 5.41) is 3.96. The van der Waals surface area contributed by atoms with Crippen LogP contribution in [0.15, 0.2) is 36.7 Å². The number of fused-ring (bicyclic) bond motifs is 1. The summed E-state index contributed by atoms with van der Waals surface area (Å²) >= 11 is 6.44. The van der Waals surface area contributed by atoms with E-state index in [0.29, 0.717) is 23.9 Å². The van der Waals surface area contributed by atoms with Gasteiger partial charge in [0.15, 0.2) is 0 Å². The van der Waals surface area contributed by atoms with Crippen LogP contribution in [0.5, 0.6) is 5.75 Å². The summed E-state index contributed by atoms with van der Waals surface area (Å²) in [6, 6.07) is 7.74. The molecule has 3 aromatic rings. The first-order valence-electron chi connectivity index (χ1n) is 11.1. The number of pyridine rings is 2. The zero-order chi connectivity index (χ0) is 23.8. The molecule has 1 unspecified atom stereocenters. The van der Waals surface area contributed by atoms with Crippen LogP contribution in [0.25, 0.3) is 17.0 Å². The molecule has 33 heavy (non-hydrogen) atoms. The molecule has 0 spiro atoms. The van der Waals surface area contributed by atoms with E-state index in [1.165, 1.54) is 0 Å². The number of aromatic nitrogens is 3. The monoisotopic (exact) mass is 471 g/mol. The molecule has 176 valence electrons. The normalized spacial score (nSPS) is 16.5. The van der Waals surface area contributed by atoms with Gasteiger partial charge in [0.25, 0.3) is 0 Å². The number of hydrogen-bond acceptors (Lipinski definition) is 6. The van der Waals surface area contributed by atoms with Gasteiger partial charge in [0.05, 0.1) is 28.7 Å². The molecule has 1 amide bonds. The van der Waals surface area contributed by atoms with Crippen molar-refractivity contribution in [2.45, 2.75) is 58.8 Å². The maximum absolute atomic E-state index is 12.3. The summed E-state index contributed by atoms with van der Waals surface area (Å²) in [6.45, 7) is 10.8. The van der Waals surface area contributed by atoms with Gasteiger partial charge < -0.3 is 19.7 Å². The smallest absolute Gasteiger partial charge is 0.410 e. The molecule has 0 aromatic carbocycles.